The maximum absolute atomic E-state index is 5.37. The van der Waals surface area contributed by atoms with E-state index in [1.807, 2.05) is 11.8 Å². The molecule has 1 nitrogen and oxygen atoms in total. The van der Waals surface area contributed by atoms with Gasteiger partial charge in [0.2, 0.25) is 0 Å². The van der Waals surface area contributed by atoms with E-state index in [4.69, 9.17) is 4.98 Å². The summed E-state index contributed by atoms with van der Waals surface area (Å²) in [6.45, 7) is 21.1. The molecule has 1 aromatic heterocycles. The minimum Gasteiger partial charge on any atom is -0.263 e. The minimum absolute atomic E-state index is 0.172. The molecule has 4 aromatic carbocycles. The Morgan fingerprint density at radius 1 is 0.643 bits per heavy atom. The van der Waals surface area contributed by atoms with Crippen LogP contribution in [-0.2, 0) is 19.3 Å². The molecule has 0 unspecified atom stereocenters. The summed E-state index contributed by atoms with van der Waals surface area (Å²) in [6, 6.07) is 19.2. The first-order valence-electron chi connectivity index (χ1n) is 15.6. The molecule has 42 heavy (non-hydrogen) atoms. The Hall–Kier alpha value is -2.71. The Labute approximate surface area is 259 Å². The highest BCUT2D eigenvalue weighted by Gasteiger charge is 2.29. The maximum atomic E-state index is 5.37. The fourth-order valence-electron chi connectivity index (χ4n) is 6.87. The van der Waals surface area contributed by atoms with Crippen molar-refractivity contribution in [2.24, 2.45) is 16.2 Å². The van der Waals surface area contributed by atoms with Gasteiger partial charge in [0.15, 0.2) is 7.85 Å². The Balaban J connectivity index is 1.68. The van der Waals surface area contributed by atoms with Crippen molar-refractivity contribution in [1.29, 1.82) is 0 Å². The Morgan fingerprint density at radius 2 is 1.26 bits per heavy atom. The summed E-state index contributed by atoms with van der Waals surface area (Å²) in [4.78, 5) is 8.12. The fourth-order valence-corrected chi connectivity index (χ4v) is 8.15. The molecule has 2 heterocycles. The van der Waals surface area contributed by atoms with E-state index in [2.05, 4.69) is 127 Å². The van der Waals surface area contributed by atoms with Gasteiger partial charge in [0, 0.05) is 20.7 Å². The van der Waals surface area contributed by atoms with E-state index in [-0.39, 0.29) is 16.2 Å². The molecule has 0 saturated carbocycles. The zero-order chi connectivity index (χ0) is 30.4. The van der Waals surface area contributed by atoms with Gasteiger partial charge in [-0.15, -0.1) is 0 Å². The Bertz CT molecular complexity index is 1900. The Morgan fingerprint density at radius 3 is 1.90 bits per heavy atom. The topological polar surface area (TPSA) is 12.9 Å². The second-order valence-electron chi connectivity index (χ2n) is 16.5. The molecule has 0 N–H and O–H groups in total. The van der Waals surface area contributed by atoms with Crippen LogP contribution in [0.15, 0.2) is 58.3 Å². The molecule has 0 aliphatic carbocycles. The number of nitrogens with zero attached hydrogens (tertiary/aromatic N) is 1. The van der Waals surface area contributed by atoms with Crippen molar-refractivity contribution in [2.45, 2.75) is 91.4 Å². The van der Waals surface area contributed by atoms with Crippen molar-refractivity contribution in [2.75, 3.05) is 0 Å². The number of aromatic nitrogens is 1. The first-order valence-corrected chi connectivity index (χ1v) is 16.4. The van der Waals surface area contributed by atoms with Gasteiger partial charge < -0.3 is 0 Å². The summed E-state index contributed by atoms with van der Waals surface area (Å²) in [5, 5.41) is 8.16. The van der Waals surface area contributed by atoms with Crippen molar-refractivity contribution in [3.8, 4) is 11.3 Å². The standard InChI is InChI=1S/C38H45B2NS/c1-36(2,3)18-21-11-13-25-24(14-21)16-27-33-31-29(42-34(27)28(25)20-38(7,8)9)17-23-12-10-22(19-37(4,5)6)15-26(23)30(31)32(39)35(40)41-33/h10-17H,18-20,39-40H2,1-9H3. The van der Waals surface area contributed by atoms with Gasteiger partial charge in [-0.05, 0) is 96.9 Å². The molecular formula is C38H45B2NS. The van der Waals surface area contributed by atoms with E-state index in [9.17, 15) is 0 Å². The van der Waals surface area contributed by atoms with Crippen LogP contribution in [0.25, 0.3) is 43.6 Å². The fraction of sp³-hybridized carbons (Fsp3) is 0.395. The molecule has 214 valence electrons. The van der Waals surface area contributed by atoms with E-state index in [1.54, 1.807) is 0 Å². The smallest absolute Gasteiger partial charge is 0.163 e. The lowest BCUT2D eigenvalue weighted by Gasteiger charge is -2.29. The molecule has 0 radical (unpaired) electrons. The normalized spacial score (nSPS) is 13.7. The number of hydrogen-bond donors (Lipinski definition) is 0. The molecule has 1 aliphatic rings. The molecule has 5 aromatic rings. The lowest BCUT2D eigenvalue weighted by Crippen LogP contribution is -2.31. The second kappa shape index (κ2) is 9.91. The highest BCUT2D eigenvalue weighted by molar-refractivity contribution is 8.00. The highest BCUT2D eigenvalue weighted by Crippen LogP contribution is 2.52. The molecular weight excluding hydrogens is 524 g/mol. The SMILES string of the molecule is Bc1nc2c3c(cc4ccc(CC(C)(C)C)cc4c3c1B)Sc1c-2cc2cc(CC(C)(C)C)ccc2c1CC(C)(C)C. The number of fused-ring (bicyclic) bond motifs is 5. The van der Waals surface area contributed by atoms with Crippen molar-refractivity contribution >= 4 is 70.8 Å². The van der Waals surface area contributed by atoms with Gasteiger partial charge in [0.25, 0.3) is 0 Å². The lowest BCUT2D eigenvalue weighted by molar-refractivity contribution is 0.410. The highest BCUT2D eigenvalue weighted by atomic mass is 32.2. The third kappa shape index (κ3) is 5.52. The first kappa shape index (κ1) is 29.4. The van der Waals surface area contributed by atoms with Crippen LogP contribution < -0.4 is 11.1 Å². The number of rotatable bonds is 3. The summed E-state index contributed by atoms with van der Waals surface area (Å²) in [7, 11) is 4.47. The molecule has 4 heteroatoms. The van der Waals surface area contributed by atoms with Crippen LogP contribution in [0, 0.1) is 16.2 Å². The minimum atomic E-state index is 0.172. The molecule has 1 aliphatic heterocycles. The van der Waals surface area contributed by atoms with Gasteiger partial charge in [-0.2, -0.15) is 0 Å². The van der Waals surface area contributed by atoms with Crippen LogP contribution in [0.2, 0.25) is 0 Å². The molecule has 0 amide bonds. The molecule has 0 fully saturated rings. The lowest BCUT2D eigenvalue weighted by atomic mass is 9.78. The van der Waals surface area contributed by atoms with Crippen LogP contribution in [0.3, 0.4) is 0 Å². The van der Waals surface area contributed by atoms with Gasteiger partial charge >= 0.3 is 0 Å². The van der Waals surface area contributed by atoms with Crippen molar-refractivity contribution in [3.05, 3.63) is 65.2 Å². The number of benzene rings is 4. The van der Waals surface area contributed by atoms with Gasteiger partial charge in [-0.3, -0.25) is 4.98 Å². The van der Waals surface area contributed by atoms with Gasteiger partial charge in [-0.25, -0.2) is 0 Å². The number of pyridine rings is 1. The summed E-state index contributed by atoms with van der Waals surface area (Å²) >= 11 is 1.97. The van der Waals surface area contributed by atoms with Crippen LogP contribution in [0.1, 0.15) is 79.0 Å². The summed E-state index contributed by atoms with van der Waals surface area (Å²) in [6.07, 6.45) is 3.17. The zero-order valence-electron chi connectivity index (χ0n) is 27.6. The quantitative estimate of drug-likeness (QED) is 0.159. The van der Waals surface area contributed by atoms with Crippen LogP contribution in [0.4, 0.5) is 0 Å². The Kier molecular flexibility index (Phi) is 6.93. The van der Waals surface area contributed by atoms with E-state index >= 15 is 0 Å². The van der Waals surface area contributed by atoms with Crippen molar-refractivity contribution in [1.82, 2.24) is 4.98 Å². The van der Waals surface area contributed by atoms with E-state index < -0.39 is 0 Å². The monoisotopic (exact) mass is 569 g/mol. The summed E-state index contributed by atoms with van der Waals surface area (Å²) in [5.41, 5.74) is 9.88. The summed E-state index contributed by atoms with van der Waals surface area (Å²) < 4.78 is 0. The molecule has 0 atom stereocenters. The van der Waals surface area contributed by atoms with E-state index in [0.29, 0.717) is 0 Å². The van der Waals surface area contributed by atoms with Gasteiger partial charge in [0.1, 0.15) is 7.85 Å². The van der Waals surface area contributed by atoms with Crippen LogP contribution in [-0.4, -0.2) is 20.7 Å². The average Bonchev–Trinajstić information content (AvgIpc) is 2.84. The third-order valence-corrected chi connectivity index (χ3v) is 9.72. The predicted molar refractivity (Wildman–Crippen MR) is 192 cm³/mol. The van der Waals surface area contributed by atoms with Crippen LogP contribution >= 0.6 is 11.8 Å². The van der Waals surface area contributed by atoms with E-state index in [0.717, 1.165) is 24.9 Å². The maximum Gasteiger partial charge on any atom is 0.163 e. The van der Waals surface area contributed by atoms with Crippen molar-refractivity contribution in [3.63, 3.8) is 0 Å². The average molecular weight is 569 g/mol. The zero-order valence-corrected chi connectivity index (χ0v) is 28.4. The third-order valence-electron chi connectivity index (χ3n) is 8.51. The molecule has 0 bridgehead atoms. The molecule has 6 rings (SSSR count). The van der Waals surface area contributed by atoms with Crippen molar-refractivity contribution < 1.29 is 0 Å². The van der Waals surface area contributed by atoms with Gasteiger partial charge in [-0.1, -0.05) is 116 Å². The van der Waals surface area contributed by atoms with Crippen LogP contribution in [0.5, 0.6) is 0 Å². The molecule has 0 spiro atoms. The summed E-state index contributed by atoms with van der Waals surface area (Å²) in [5.74, 6) is 0. The van der Waals surface area contributed by atoms with Gasteiger partial charge in [0.05, 0.1) is 5.69 Å². The first-order chi connectivity index (χ1) is 19.5. The second-order valence-corrected chi connectivity index (χ2v) is 17.5. The molecule has 0 saturated heterocycles. The largest absolute Gasteiger partial charge is 0.263 e. The number of hydrogen-bond acceptors (Lipinski definition) is 2. The van der Waals surface area contributed by atoms with E-state index in [1.165, 1.54) is 75.5 Å². The predicted octanol–water partition coefficient (Wildman–Crippen LogP) is 7.96.